The number of anilines is 2. The zero-order valence-corrected chi connectivity index (χ0v) is 22.2. The zero-order chi connectivity index (χ0) is 26.5. The molecule has 198 valence electrons. The molecule has 1 aromatic heterocycles. The molecular formula is C28H37N5O4. The summed E-state index contributed by atoms with van der Waals surface area (Å²) in [5.41, 5.74) is 9.31. The maximum Gasteiger partial charge on any atom is 0.253 e. The maximum atomic E-state index is 13.5. The third kappa shape index (κ3) is 5.50. The average Bonchev–Trinajstić information content (AvgIpc) is 3.16. The van der Waals surface area contributed by atoms with E-state index in [1.54, 1.807) is 26.4 Å². The number of aromatic nitrogens is 2. The molecule has 0 spiro atoms. The second-order valence-electron chi connectivity index (χ2n) is 9.41. The summed E-state index contributed by atoms with van der Waals surface area (Å²) in [6.45, 7) is 6.62. The number of hydrogen-bond acceptors (Lipinski definition) is 8. The number of benzene rings is 2. The van der Waals surface area contributed by atoms with Crippen LogP contribution in [0.5, 0.6) is 17.2 Å². The fraction of sp³-hybridized carbons (Fsp3) is 0.464. The molecule has 2 aromatic carbocycles. The van der Waals surface area contributed by atoms with Crippen LogP contribution >= 0.6 is 0 Å². The van der Waals surface area contributed by atoms with Gasteiger partial charge in [-0.3, -0.25) is 4.79 Å². The molecule has 0 saturated carbocycles. The minimum Gasteiger partial charge on any atom is -0.507 e. The van der Waals surface area contributed by atoms with E-state index in [9.17, 15) is 9.90 Å². The SMILES string of the molecule is CCCc1cc(C(=O)N2CCCN(c3nc(N)c4cc(OC)c(OC)cc4n3)CC2)cc(CCC)c1O. The first-order chi connectivity index (χ1) is 17.9. The minimum absolute atomic E-state index is 0.00710. The lowest BCUT2D eigenvalue weighted by molar-refractivity contribution is 0.0766. The molecular weight excluding hydrogens is 470 g/mol. The van der Waals surface area contributed by atoms with Gasteiger partial charge in [-0.1, -0.05) is 26.7 Å². The van der Waals surface area contributed by atoms with Crippen LogP contribution in [0.25, 0.3) is 10.9 Å². The fourth-order valence-corrected chi connectivity index (χ4v) is 4.91. The van der Waals surface area contributed by atoms with Crippen LogP contribution in [0.15, 0.2) is 24.3 Å². The minimum atomic E-state index is -0.00710. The number of rotatable bonds is 8. The second-order valence-corrected chi connectivity index (χ2v) is 9.41. The molecule has 4 rings (SSSR count). The summed E-state index contributed by atoms with van der Waals surface area (Å²) in [4.78, 5) is 26.8. The fourth-order valence-electron chi connectivity index (χ4n) is 4.91. The van der Waals surface area contributed by atoms with Gasteiger partial charge in [0.05, 0.1) is 19.7 Å². The van der Waals surface area contributed by atoms with Crippen molar-refractivity contribution in [2.75, 3.05) is 51.0 Å². The van der Waals surface area contributed by atoms with E-state index < -0.39 is 0 Å². The highest BCUT2D eigenvalue weighted by molar-refractivity contribution is 5.95. The molecule has 9 nitrogen and oxygen atoms in total. The predicted octanol–water partition coefficient (Wildman–Crippen LogP) is 4.19. The number of carbonyl (C=O) groups excluding carboxylic acids is 1. The predicted molar refractivity (Wildman–Crippen MR) is 146 cm³/mol. The Balaban J connectivity index is 1.56. The molecule has 0 atom stereocenters. The van der Waals surface area contributed by atoms with E-state index in [0.717, 1.165) is 43.2 Å². The highest BCUT2D eigenvalue weighted by atomic mass is 16.5. The number of fused-ring (bicyclic) bond motifs is 1. The lowest BCUT2D eigenvalue weighted by Crippen LogP contribution is -2.35. The van der Waals surface area contributed by atoms with Crippen molar-refractivity contribution < 1.29 is 19.4 Å². The summed E-state index contributed by atoms with van der Waals surface area (Å²) >= 11 is 0. The highest BCUT2D eigenvalue weighted by Gasteiger charge is 2.24. The van der Waals surface area contributed by atoms with Gasteiger partial charge in [0, 0.05) is 43.2 Å². The Kier molecular flexibility index (Phi) is 8.21. The van der Waals surface area contributed by atoms with Crippen molar-refractivity contribution in [2.45, 2.75) is 46.0 Å². The average molecular weight is 508 g/mol. The topological polar surface area (TPSA) is 114 Å². The van der Waals surface area contributed by atoms with Crippen LogP contribution in [0.2, 0.25) is 0 Å². The standard InChI is InChI=1S/C28H37N5O4/c1-5-8-18-14-20(15-19(9-6-2)25(18)34)27(35)32-10-7-11-33(13-12-32)28-30-22-17-24(37-4)23(36-3)16-21(22)26(29)31-28/h14-17,34H,5-13H2,1-4H3,(H2,29,30,31). The van der Waals surface area contributed by atoms with Crippen molar-refractivity contribution in [1.82, 2.24) is 14.9 Å². The van der Waals surface area contributed by atoms with Crippen LogP contribution in [0.4, 0.5) is 11.8 Å². The Morgan fingerprint density at radius 3 is 2.22 bits per heavy atom. The van der Waals surface area contributed by atoms with Crippen LogP contribution in [0, 0.1) is 0 Å². The molecule has 1 amide bonds. The van der Waals surface area contributed by atoms with Crippen LogP contribution in [-0.4, -0.2) is 66.3 Å². The van der Waals surface area contributed by atoms with E-state index in [1.165, 1.54) is 0 Å². The van der Waals surface area contributed by atoms with Crippen LogP contribution in [0.3, 0.4) is 0 Å². The van der Waals surface area contributed by atoms with E-state index in [1.807, 2.05) is 17.0 Å². The number of nitrogens with two attached hydrogens (primary N) is 1. The molecule has 0 unspecified atom stereocenters. The number of phenols is 1. The third-order valence-electron chi connectivity index (χ3n) is 6.84. The number of nitrogen functional groups attached to an aromatic ring is 1. The normalized spacial score (nSPS) is 14.1. The number of phenolic OH excluding ortho intramolecular Hbond substituents is 1. The molecule has 3 aromatic rings. The molecule has 1 saturated heterocycles. The first kappa shape index (κ1) is 26.3. The van der Waals surface area contributed by atoms with Gasteiger partial charge >= 0.3 is 0 Å². The number of methoxy groups -OCH3 is 2. The summed E-state index contributed by atoms with van der Waals surface area (Å²) in [7, 11) is 3.16. The highest BCUT2D eigenvalue weighted by Crippen LogP contribution is 2.34. The summed E-state index contributed by atoms with van der Waals surface area (Å²) < 4.78 is 10.8. The van der Waals surface area contributed by atoms with E-state index in [2.05, 4.69) is 23.7 Å². The number of aryl methyl sites for hydroxylation is 2. The summed E-state index contributed by atoms with van der Waals surface area (Å²) in [6.07, 6.45) is 4.08. The third-order valence-corrected chi connectivity index (χ3v) is 6.84. The van der Waals surface area contributed by atoms with Gasteiger partial charge in [-0.05, 0) is 48.6 Å². The zero-order valence-electron chi connectivity index (χ0n) is 22.2. The molecule has 0 radical (unpaired) electrons. The van der Waals surface area contributed by atoms with Gasteiger partial charge < -0.3 is 30.1 Å². The second kappa shape index (κ2) is 11.5. The molecule has 2 heterocycles. The van der Waals surface area contributed by atoms with Crippen molar-refractivity contribution >= 4 is 28.6 Å². The van der Waals surface area contributed by atoms with E-state index in [-0.39, 0.29) is 5.91 Å². The molecule has 0 aliphatic carbocycles. The number of ether oxygens (including phenoxy) is 2. The maximum absolute atomic E-state index is 13.5. The Labute approximate surface area is 218 Å². The molecule has 37 heavy (non-hydrogen) atoms. The summed E-state index contributed by atoms with van der Waals surface area (Å²) in [5.74, 6) is 2.38. The molecule has 1 aliphatic heterocycles. The van der Waals surface area contributed by atoms with Crippen molar-refractivity contribution in [1.29, 1.82) is 0 Å². The van der Waals surface area contributed by atoms with Gasteiger partial charge in [-0.15, -0.1) is 0 Å². The Bertz CT molecular complexity index is 1250. The van der Waals surface area contributed by atoms with Crippen molar-refractivity contribution in [2.24, 2.45) is 0 Å². The Hall–Kier alpha value is -3.75. The molecule has 3 N–H and O–H groups in total. The van der Waals surface area contributed by atoms with Crippen LogP contribution in [0.1, 0.15) is 54.6 Å². The first-order valence-corrected chi connectivity index (χ1v) is 13.0. The van der Waals surface area contributed by atoms with Crippen LogP contribution in [-0.2, 0) is 12.8 Å². The molecule has 0 bridgehead atoms. The van der Waals surface area contributed by atoms with Crippen LogP contribution < -0.4 is 20.1 Å². The van der Waals surface area contributed by atoms with Gasteiger partial charge in [-0.2, -0.15) is 4.98 Å². The summed E-state index contributed by atoms with van der Waals surface area (Å²) in [6, 6.07) is 7.30. The number of hydrogen-bond donors (Lipinski definition) is 2. The molecule has 9 heteroatoms. The van der Waals surface area contributed by atoms with E-state index >= 15 is 0 Å². The Morgan fingerprint density at radius 2 is 1.59 bits per heavy atom. The lowest BCUT2D eigenvalue weighted by Gasteiger charge is -2.23. The van der Waals surface area contributed by atoms with Gasteiger partial charge in [0.15, 0.2) is 11.5 Å². The largest absolute Gasteiger partial charge is 0.507 e. The number of aromatic hydroxyl groups is 1. The van der Waals surface area contributed by atoms with Crippen molar-refractivity contribution in [3.8, 4) is 17.2 Å². The van der Waals surface area contributed by atoms with Gasteiger partial charge in [-0.25, -0.2) is 4.98 Å². The first-order valence-electron chi connectivity index (χ1n) is 13.0. The van der Waals surface area contributed by atoms with E-state index in [4.69, 9.17) is 20.2 Å². The monoisotopic (exact) mass is 507 g/mol. The van der Waals surface area contributed by atoms with Crippen molar-refractivity contribution in [3.63, 3.8) is 0 Å². The quantitative estimate of drug-likeness (QED) is 0.467. The number of amides is 1. The number of carbonyl (C=O) groups is 1. The lowest BCUT2D eigenvalue weighted by atomic mass is 9.97. The smallest absolute Gasteiger partial charge is 0.253 e. The molecule has 1 fully saturated rings. The number of nitrogens with zero attached hydrogens (tertiary/aromatic N) is 4. The summed E-state index contributed by atoms with van der Waals surface area (Å²) in [5, 5.41) is 11.4. The van der Waals surface area contributed by atoms with Gasteiger partial charge in [0.25, 0.3) is 5.91 Å². The Morgan fingerprint density at radius 1 is 0.946 bits per heavy atom. The molecule has 1 aliphatic rings. The van der Waals surface area contributed by atoms with Crippen molar-refractivity contribution in [3.05, 3.63) is 41.0 Å². The van der Waals surface area contributed by atoms with E-state index in [0.29, 0.717) is 71.7 Å². The van der Waals surface area contributed by atoms with Gasteiger partial charge in [0.1, 0.15) is 11.6 Å². The van der Waals surface area contributed by atoms with Gasteiger partial charge in [0.2, 0.25) is 5.95 Å².